The third-order valence-corrected chi connectivity index (χ3v) is 7.14. The molecule has 3 heterocycles. The van der Waals surface area contributed by atoms with Crippen LogP contribution in [0.3, 0.4) is 0 Å². The highest BCUT2D eigenvalue weighted by Gasteiger charge is 2.28. The van der Waals surface area contributed by atoms with Gasteiger partial charge < -0.3 is 25.2 Å². The summed E-state index contributed by atoms with van der Waals surface area (Å²) in [4.78, 5) is 40.6. The Hall–Kier alpha value is -4.66. The van der Waals surface area contributed by atoms with E-state index >= 15 is 0 Å². The summed E-state index contributed by atoms with van der Waals surface area (Å²) in [6.45, 7) is 3.72. The van der Waals surface area contributed by atoms with Gasteiger partial charge in [0.25, 0.3) is 5.91 Å². The lowest BCUT2D eigenvalue weighted by Gasteiger charge is -2.35. The zero-order valence-electron chi connectivity index (χ0n) is 20.9. The van der Waals surface area contributed by atoms with Crippen LogP contribution in [0.4, 0.5) is 16.4 Å². The quantitative estimate of drug-likeness (QED) is 0.447. The molecule has 2 N–H and O–H groups in total. The van der Waals surface area contributed by atoms with Crippen LogP contribution in [0.25, 0.3) is 10.9 Å². The minimum Gasteiger partial charge on any atom is -0.445 e. The second-order valence-corrected chi connectivity index (χ2v) is 9.58. The molecule has 1 aromatic heterocycles. The number of hydrogen-bond acceptors (Lipinski definition) is 7. The monoisotopic (exact) mass is 508 g/mol. The van der Waals surface area contributed by atoms with Crippen LogP contribution in [0.5, 0.6) is 0 Å². The summed E-state index contributed by atoms with van der Waals surface area (Å²) in [6, 6.07) is 23.5. The van der Waals surface area contributed by atoms with Crippen LogP contribution in [0, 0.1) is 0 Å². The van der Waals surface area contributed by atoms with E-state index in [1.807, 2.05) is 72.8 Å². The standard InChI is InChI=1S/C29H28N6O3/c30-28-31-25-11-10-23(33-12-14-34(15-13-33)29(37)38-19-20-6-2-1-3-7-20)16-24(25)26(32-28)27(36)35-17-21-8-4-5-9-22(21)18-35/h1-11,16H,12-15,17-19H2,(H2,30,31,32). The fourth-order valence-electron chi connectivity index (χ4n) is 5.08. The zero-order chi connectivity index (χ0) is 26.1. The molecule has 1 fully saturated rings. The minimum absolute atomic E-state index is 0.0768. The SMILES string of the molecule is Nc1nc(C(=O)N2Cc3ccccc3C2)c2cc(N3CCN(C(=O)OCc4ccccc4)CC3)ccc2n1. The van der Waals surface area contributed by atoms with E-state index in [1.54, 1.807) is 9.80 Å². The highest BCUT2D eigenvalue weighted by atomic mass is 16.6. The van der Waals surface area contributed by atoms with Crippen molar-refractivity contribution in [1.82, 2.24) is 19.8 Å². The van der Waals surface area contributed by atoms with Crippen LogP contribution >= 0.6 is 0 Å². The van der Waals surface area contributed by atoms with Gasteiger partial charge in [-0.15, -0.1) is 0 Å². The van der Waals surface area contributed by atoms with E-state index < -0.39 is 0 Å². The first-order chi connectivity index (χ1) is 18.5. The number of nitrogen functional groups attached to an aromatic ring is 1. The maximum Gasteiger partial charge on any atom is 0.410 e. The van der Waals surface area contributed by atoms with Crippen LogP contribution in [0.1, 0.15) is 27.2 Å². The first-order valence-electron chi connectivity index (χ1n) is 12.7. The van der Waals surface area contributed by atoms with Gasteiger partial charge in [-0.25, -0.2) is 14.8 Å². The highest BCUT2D eigenvalue weighted by molar-refractivity contribution is 6.05. The largest absolute Gasteiger partial charge is 0.445 e. The van der Waals surface area contributed by atoms with Crippen LogP contribution in [-0.4, -0.2) is 57.9 Å². The lowest BCUT2D eigenvalue weighted by molar-refractivity contribution is 0.0747. The molecule has 0 aliphatic carbocycles. The Bertz CT molecular complexity index is 1480. The maximum absolute atomic E-state index is 13.6. The molecular formula is C29H28N6O3. The predicted molar refractivity (Wildman–Crippen MR) is 144 cm³/mol. The number of carbonyl (C=O) groups is 2. The van der Waals surface area contributed by atoms with Crippen molar-refractivity contribution in [3.05, 3.63) is 95.2 Å². The smallest absolute Gasteiger partial charge is 0.410 e. The Morgan fingerprint density at radius 2 is 1.50 bits per heavy atom. The highest BCUT2D eigenvalue weighted by Crippen LogP contribution is 2.29. The van der Waals surface area contributed by atoms with Crippen molar-refractivity contribution in [1.29, 1.82) is 0 Å². The molecule has 0 atom stereocenters. The predicted octanol–water partition coefficient (Wildman–Crippen LogP) is 3.83. The Labute approximate surface area is 220 Å². The fourth-order valence-corrected chi connectivity index (χ4v) is 5.08. The van der Waals surface area contributed by atoms with Crippen LogP contribution < -0.4 is 10.6 Å². The van der Waals surface area contributed by atoms with Crippen LogP contribution in [0.2, 0.25) is 0 Å². The Kier molecular flexibility index (Phi) is 6.25. The van der Waals surface area contributed by atoms with Gasteiger partial charge in [-0.1, -0.05) is 54.6 Å². The molecule has 2 aliphatic rings. The number of ether oxygens (including phenoxy) is 1. The molecule has 2 aliphatic heterocycles. The maximum atomic E-state index is 13.6. The lowest BCUT2D eigenvalue weighted by Crippen LogP contribution is -2.48. The Morgan fingerprint density at radius 1 is 0.816 bits per heavy atom. The summed E-state index contributed by atoms with van der Waals surface area (Å²) >= 11 is 0. The molecule has 3 aromatic carbocycles. The topological polar surface area (TPSA) is 105 Å². The van der Waals surface area contributed by atoms with Gasteiger partial charge in [-0.2, -0.15) is 0 Å². The van der Waals surface area contributed by atoms with Gasteiger partial charge >= 0.3 is 6.09 Å². The number of anilines is 2. The number of rotatable bonds is 4. The molecule has 192 valence electrons. The second kappa shape index (κ2) is 10.0. The van der Waals surface area contributed by atoms with E-state index in [-0.39, 0.29) is 24.6 Å². The number of carbonyl (C=O) groups excluding carboxylic acids is 2. The van der Waals surface area contributed by atoms with Crippen LogP contribution in [-0.2, 0) is 24.4 Å². The number of aromatic nitrogens is 2. The van der Waals surface area contributed by atoms with E-state index in [0.717, 1.165) is 22.4 Å². The third-order valence-electron chi connectivity index (χ3n) is 7.14. The van der Waals surface area contributed by atoms with Gasteiger partial charge in [0, 0.05) is 50.3 Å². The van der Waals surface area contributed by atoms with E-state index in [1.165, 1.54) is 0 Å². The summed E-state index contributed by atoms with van der Waals surface area (Å²) in [7, 11) is 0. The van der Waals surface area contributed by atoms with E-state index in [2.05, 4.69) is 14.9 Å². The summed E-state index contributed by atoms with van der Waals surface area (Å²) < 4.78 is 5.49. The lowest BCUT2D eigenvalue weighted by atomic mass is 10.1. The van der Waals surface area contributed by atoms with Crippen molar-refractivity contribution >= 4 is 34.5 Å². The molecule has 2 amide bonds. The summed E-state index contributed by atoms with van der Waals surface area (Å²) in [6.07, 6.45) is -0.310. The minimum atomic E-state index is -0.310. The van der Waals surface area contributed by atoms with E-state index in [9.17, 15) is 9.59 Å². The number of nitrogens with two attached hydrogens (primary N) is 1. The second-order valence-electron chi connectivity index (χ2n) is 9.58. The van der Waals surface area contributed by atoms with Gasteiger partial charge in [0.15, 0.2) is 0 Å². The number of piperazine rings is 1. The molecule has 9 nitrogen and oxygen atoms in total. The zero-order valence-corrected chi connectivity index (χ0v) is 20.9. The Morgan fingerprint density at radius 3 is 2.21 bits per heavy atom. The summed E-state index contributed by atoms with van der Waals surface area (Å²) in [5, 5.41) is 0.669. The average molecular weight is 509 g/mol. The summed E-state index contributed by atoms with van der Waals surface area (Å²) in [5.41, 5.74) is 11.1. The van der Waals surface area contributed by atoms with Gasteiger partial charge in [-0.05, 0) is 34.9 Å². The first-order valence-corrected chi connectivity index (χ1v) is 12.7. The number of benzene rings is 3. The van der Waals surface area contributed by atoms with Crippen molar-refractivity contribution in [2.45, 2.75) is 19.7 Å². The molecule has 6 rings (SSSR count). The first kappa shape index (κ1) is 23.7. The molecule has 0 bridgehead atoms. The normalized spacial score (nSPS) is 15.0. The van der Waals surface area contributed by atoms with Crippen molar-refractivity contribution in [2.24, 2.45) is 0 Å². The molecule has 4 aromatic rings. The van der Waals surface area contributed by atoms with Gasteiger partial charge in [0.05, 0.1) is 5.52 Å². The van der Waals surface area contributed by atoms with Crippen molar-refractivity contribution in [3.8, 4) is 0 Å². The van der Waals surface area contributed by atoms with Gasteiger partial charge in [-0.3, -0.25) is 4.79 Å². The van der Waals surface area contributed by atoms with E-state index in [0.29, 0.717) is 55.9 Å². The molecule has 0 saturated carbocycles. The molecule has 38 heavy (non-hydrogen) atoms. The number of hydrogen-bond donors (Lipinski definition) is 1. The van der Waals surface area contributed by atoms with Crippen LogP contribution in [0.15, 0.2) is 72.8 Å². The molecule has 0 radical (unpaired) electrons. The molecular weight excluding hydrogens is 480 g/mol. The number of nitrogens with zero attached hydrogens (tertiary/aromatic N) is 5. The van der Waals surface area contributed by atoms with Gasteiger partial charge in [0.2, 0.25) is 5.95 Å². The van der Waals surface area contributed by atoms with Crippen molar-refractivity contribution in [2.75, 3.05) is 36.8 Å². The fraction of sp³-hybridized carbons (Fsp3) is 0.241. The van der Waals surface area contributed by atoms with Crippen molar-refractivity contribution in [3.63, 3.8) is 0 Å². The molecule has 0 spiro atoms. The molecule has 9 heteroatoms. The molecule has 1 saturated heterocycles. The molecule has 0 unspecified atom stereocenters. The average Bonchev–Trinajstić information content (AvgIpc) is 3.40. The van der Waals surface area contributed by atoms with E-state index in [4.69, 9.17) is 10.5 Å². The number of amides is 2. The summed E-state index contributed by atoms with van der Waals surface area (Å²) in [5.74, 6) is -0.0867. The van der Waals surface area contributed by atoms with Gasteiger partial charge in [0.1, 0.15) is 12.3 Å². The third kappa shape index (κ3) is 4.70. The van der Waals surface area contributed by atoms with Crippen molar-refractivity contribution < 1.29 is 14.3 Å². The Balaban J connectivity index is 1.16. The number of fused-ring (bicyclic) bond motifs is 2.